The van der Waals surface area contributed by atoms with Gasteiger partial charge in [-0.3, -0.25) is 4.79 Å². The summed E-state index contributed by atoms with van der Waals surface area (Å²) in [6.45, 7) is 1.33. The summed E-state index contributed by atoms with van der Waals surface area (Å²) in [7, 11) is 0. The third-order valence-electron chi connectivity index (χ3n) is 2.21. The Kier molecular flexibility index (Phi) is 4.86. The summed E-state index contributed by atoms with van der Waals surface area (Å²) in [6.07, 6.45) is 2.95. The fraction of sp³-hybridized carbons (Fsp3) is 0.889. The van der Waals surface area contributed by atoms with Crippen LogP contribution in [0, 0.1) is 0 Å². The molecule has 1 fully saturated rings. The van der Waals surface area contributed by atoms with Crippen molar-refractivity contribution in [3.8, 4) is 0 Å². The van der Waals surface area contributed by atoms with Crippen LogP contribution in [0.25, 0.3) is 0 Å². The van der Waals surface area contributed by atoms with E-state index in [0.717, 1.165) is 19.3 Å². The summed E-state index contributed by atoms with van der Waals surface area (Å²) in [4.78, 5) is 10.4. The number of carboxylic acids is 1. The summed E-state index contributed by atoms with van der Waals surface area (Å²) in [5.74, 6) is -0.932. The predicted octanol–water partition coefficient (Wildman–Crippen LogP) is 0.332. The first kappa shape index (κ1) is 11.4. The minimum absolute atomic E-state index is 0.0870. The SMILES string of the molecule is NC(CCCCC1OCCO1)C(=O)O. The molecule has 1 unspecified atom stereocenters. The third-order valence-corrected chi connectivity index (χ3v) is 2.21. The van der Waals surface area contributed by atoms with Crippen molar-refractivity contribution in [3.63, 3.8) is 0 Å². The van der Waals surface area contributed by atoms with Crippen molar-refractivity contribution in [3.05, 3.63) is 0 Å². The van der Waals surface area contributed by atoms with Gasteiger partial charge in [-0.15, -0.1) is 0 Å². The molecule has 1 aliphatic rings. The van der Waals surface area contributed by atoms with E-state index in [9.17, 15) is 4.79 Å². The number of hydrogen-bond acceptors (Lipinski definition) is 4. The number of carbonyl (C=O) groups is 1. The molecule has 1 heterocycles. The molecule has 0 saturated carbocycles. The maximum absolute atomic E-state index is 10.4. The molecule has 14 heavy (non-hydrogen) atoms. The van der Waals surface area contributed by atoms with Crippen LogP contribution >= 0.6 is 0 Å². The Morgan fingerprint density at radius 3 is 2.64 bits per heavy atom. The van der Waals surface area contributed by atoms with Gasteiger partial charge in [0, 0.05) is 0 Å². The number of hydrogen-bond donors (Lipinski definition) is 2. The van der Waals surface area contributed by atoms with Gasteiger partial charge >= 0.3 is 5.97 Å². The van der Waals surface area contributed by atoms with Crippen LogP contribution in [0.3, 0.4) is 0 Å². The van der Waals surface area contributed by atoms with Gasteiger partial charge < -0.3 is 20.3 Å². The van der Waals surface area contributed by atoms with Gasteiger partial charge in [-0.05, 0) is 19.3 Å². The zero-order valence-electron chi connectivity index (χ0n) is 8.15. The normalized spacial score (nSPS) is 19.8. The zero-order chi connectivity index (χ0) is 10.4. The molecule has 3 N–H and O–H groups in total. The standard InChI is InChI=1S/C9H17NO4/c10-7(9(11)12)3-1-2-4-8-13-5-6-14-8/h7-8H,1-6,10H2,(H,11,12). The first-order valence-electron chi connectivity index (χ1n) is 4.91. The summed E-state index contributed by atoms with van der Waals surface area (Å²) < 4.78 is 10.5. The Morgan fingerprint density at radius 2 is 2.07 bits per heavy atom. The van der Waals surface area contributed by atoms with E-state index in [0.29, 0.717) is 19.6 Å². The summed E-state index contributed by atoms with van der Waals surface area (Å²) in [5, 5.41) is 8.52. The molecule has 0 aromatic heterocycles. The molecule has 1 aliphatic heterocycles. The molecule has 1 saturated heterocycles. The lowest BCUT2D eigenvalue weighted by molar-refractivity contribution is -0.138. The second-order valence-electron chi connectivity index (χ2n) is 3.40. The first-order chi connectivity index (χ1) is 6.70. The molecule has 0 radical (unpaired) electrons. The van der Waals surface area contributed by atoms with Crippen molar-refractivity contribution < 1.29 is 19.4 Å². The third kappa shape index (κ3) is 4.04. The van der Waals surface area contributed by atoms with Crippen LogP contribution in [-0.2, 0) is 14.3 Å². The minimum atomic E-state index is -0.932. The average Bonchev–Trinajstić information content (AvgIpc) is 2.64. The Morgan fingerprint density at radius 1 is 1.43 bits per heavy atom. The molecule has 82 valence electrons. The van der Waals surface area contributed by atoms with Gasteiger partial charge in [-0.25, -0.2) is 0 Å². The number of aliphatic carboxylic acids is 1. The zero-order valence-corrected chi connectivity index (χ0v) is 8.15. The number of rotatable bonds is 6. The molecule has 0 aliphatic carbocycles. The lowest BCUT2D eigenvalue weighted by Crippen LogP contribution is -2.29. The topological polar surface area (TPSA) is 81.8 Å². The predicted molar refractivity (Wildman–Crippen MR) is 49.8 cm³/mol. The Labute approximate surface area is 83.2 Å². The molecule has 1 atom stereocenters. The second-order valence-corrected chi connectivity index (χ2v) is 3.40. The van der Waals surface area contributed by atoms with Crippen molar-refractivity contribution in [2.45, 2.75) is 38.0 Å². The van der Waals surface area contributed by atoms with Crippen molar-refractivity contribution in [1.82, 2.24) is 0 Å². The monoisotopic (exact) mass is 203 g/mol. The highest BCUT2D eigenvalue weighted by Crippen LogP contribution is 2.12. The highest BCUT2D eigenvalue weighted by molar-refractivity contribution is 5.72. The molecule has 5 heteroatoms. The minimum Gasteiger partial charge on any atom is -0.480 e. The number of carboxylic acid groups (broad SMARTS) is 1. The first-order valence-corrected chi connectivity index (χ1v) is 4.91. The lowest BCUT2D eigenvalue weighted by Gasteiger charge is -2.09. The van der Waals surface area contributed by atoms with Crippen LogP contribution in [0.15, 0.2) is 0 Å². The molecule has 0 amide bonds. The van der Waals surface area contributed by atoms with Crippen molar-refractivity contribution in [2.75, 3.05) is 13.2 Å². The second kappa shape index (κ2) is 5.95. The highest BCUT2D eigenvalue weighted by atomic mass is 16.7. The maximum atomic E-state index is 10.4. The molecule has 0 aromatic rings. The summed E-state index contributed by atoms with van der Waals surface area (Å²) in [5.41, 5.74) is 5.35. The van der Waals surface area contributed by atoms with E-state index in [-0.39, 0.29) is 6.29 Å². The van der Waals surface area contributed by atoms with E-state index in [1.54, 1.807) is 0 Å². The molecule has 0 bridgehead atoms. The van der Waals surface area contributed by atoms with Gasteiger partial charge in [-0.1, -0.05) is 6.42 Å². The lowest BCUT2D eigenvalue weighted by atomic mass is 10.1. The van der Waals surface area contributed by atoms with Crippen molar-refractivity contribution >= 4 is 5.97 Å². The van der Waals surface area contributed by atoms with Gasteiger partial charge in [0.15, 0.2) is 6.29 Å². The summed E-state index contributed by atoms with van der Waals surface area (Å²) >= 11 is 0. The molecule has 5 nitrogen and oxygen atoms in total. The smallest absolute Gasteiger partial charge is 0.320 e. The molecule has 1 rings (SSSR count). The van der Waals surface area contributed by atoms with E-state index in [4.69, 9.17) is 20.3 Å². The largest absolute Gasteiger partial charge is 0.480 e. The highest BCUT2D eigenvalue weighted by Gasteiger charge is 2.16. The van der Waals surface area contributed by atoms with E-state index < -0.39 is 12.0 Å². The van der Waals surface area contributed by atoms with Gasteiger partial charge in [-0.2, -0.15) is 0 Å². The quantitative estimate of drug-likeness (QED) is 0.608. The Balaban J connectivity index is 1.95. The fourth-order valence-corrected chi connectivity index (χ4v) is 1.37. The Hall–Kier alpha value is -0.650. The summed E-state index contributed by atoms with van der Waals surface area (Å²) in [6, 6.07) is -0.736. The van der Waals surface area contributed by atoms with Crippen LogP contribution in [0.1, 0.15) is 25.7 Å². The van der Waals surface area contributed by atoms with Crippen LogP contribution < -0.4 is 5.73 Å². The van der Waals surface area contributed by atoms with E-state index in [1.807, 2.05) is 0 Å². The van der Waals surface area contributed by atoms with Gasteiger partial charge in [0.1, 0.15) is 6.04 Å². The number of nitrogens with two attached hydrogens (primary N) is 1. The molecular formula is C9H17NO4. The van der Waals surface area contributed by atoms with Gasteiger partial charge in [0.05, 0.1) is 13.2 Å². The average molecular weight is 203 g/mol. The van der Waals surface area contributed by atoms with E-state index in [1.165, 1.54) is 0 Å². The number of unbranched alkanes of at least 4 members (excludes halogenated alkanes) is 1. The van der Waals surface area contributed by atoms with Gasteiger partial charge in [0.2, 0.25) is 0 Å². The molecule has 0 aromatic carbocycles. The van der Waals surface area contributed by atoms with Crippen molar-refractivity contribution in [1.29, 1.82) is 0 Å². The number of ether oxygens (including phenoxy) is 2. The van der Waals surface area contributed by atoms with E-state index >= 15 is 0 Å². The van der Waals surface area contributed by atoms with E-state index in [2.05, 4.69) is 0 Å². The maximum Gasteiger partial charge on any atom is 0.320 e. The van der Waals surface area contributed by atoms with Gasteiger partial charge in [0.25, 0.3) is 0 Å². The molecule has 0 spiro atoms. The molecular weight excluding hydrogens is 186 g/mol. The van der Waals surface area contributed by atoms with Crippen LogP contribution in [0.4, 0.5) is 0 Å². The van der Waals surface area contributed by atoms with Crippen LogP contribution in [0.5, 0.6) is 0 Å². The van der Waals surface area contributed by atoms with Crippen molar-refractivity contribution in [2.24, 2.45) is 5.73 Å². The van der Waals surface area contributed by atoms with Crippen LogP contribution in [0.2, 0.25) is 0 Å². The fourth-order valence-electron chi connectivity index (χ4n) is 1.37. The van der Waals surface area contributed by atoms with Crippen LogP contribution in [-0.4, -0.2) is 36.6 Å². The Bertz CT molecular complexity index is 180.